The van der Waals surface area contributed by atoms with Gasteiger partial charge in [-0.3, -0.25) is 0 Å². The molecule has 1 aromatic rings. The molecule has 0 heterocycles. The van der Waals surface area contributed by atoms with Gasteiger partial charge in [0.2, 0.25) is 0 Å². The summed E-state index contributed by atoms with van der Waals surface area (Å²) >= 11 is 19.7. The number of benzene rings is 1. The second kappa shape index (κ2) is 4.37. The Balaban J connectivity index is 2.90. The SMILES string of the molecule is Clc1ccccc1OP(Cl)(Cl)=[Se]. The average Bonchev–Trinajstić information content (AvgIpc) is 1.91. The Kier molecular flexibility index (Phi) is 3.98. The van der Waals surface area contributed by atoms with Gasteiger partial charge in [0.1, 0.15) is 0 Å². The minimum absolute atomic E-state index is 0.497. The molecule has 66 valence electrons. The molecule has 0 saturated heterocycles. The predicted molar refractivity (Wildman–Crippen MR) is 56.5 cm³/mol. The van der Waals surface area contributed by atoms with Crippen molar-refractivity contribution in [1.82, 2.24) is 0 Å². The van der Waals surface area contributed by atoms with Crippen molar-refractivity contribution >= 4 is 53.6 Å². The normalized spacial score (nSPS) is 11.2. The van der Waals surface area contributed by atoms with Gasteiger partial charge in [0.25, 0.3) is 0 Å². The van der Waals surface area contributed by atoms with Crippen molar-refractivity contribution in [2.24, 2.45) is 0 Å². The van der Waals surface area contributed by atoms with Crippen molar-refractivity contribution in [3.05, 3.63) is 29.3 Å². The number of hydrogen-bond donors (Lipinski definition) is 0. The van der Waals surface area contributed by atoms with E-state index in [1.165, 1.54) is 0 Å². The maximum absolute atomic E-state index is 5.79. The van der Waals surface area contributed by atoms with Crippen molar-refractivity contribution in [1.29, 1.82) is 0 Å². The van der Waals surface area contributed by atoms with E-state index < -0.39 is 4.44 Å². The molecule has 1 nitrogen and oxygen atoms in total. The van der Waals surface area contributed by atoms with Gasteiger partial charge in [-0.05, 0) is 0 Å². The molecular formula is C6H4Cl3OPSe. The fourth-order valence-electron chi connectivity index (χ4n) is 0.633. The Labute approximate surface area is 92.8 Å². The molecule has 12 heavy (non-hydrogen) atoms. The van der Waals surface area contributed by atoms with Crippen molar-refractivity contribution < 1.29 is 4.52 Å². The van der Waals surface area contributed by atoms with Crippen LogP contribution in [0.25, 0.3) is 0 Å². The molecule has 1 aromatic carbocycles. The van der Waals surface area contributed by atoms with Gasteiger partial charge in [-0.1, -0.05) is 0 Å². The zero-order chi connectivity index (χ0) is 9.19. The summed E-state index contributed by atoms with van der Waals surface area (Å²) < 4.78 is 2.76. The van der Waals surface area contributed by atoms with Crippen LogP contribution in [0.5, 0.6) is 5.75 Å². The molecule has 6 heteroatoms. The van der Waals surface area contributed by atoms with Crippen molar-refractivity contribution in [3.8, 4) is 5.75 Å². The molecule has 0 aliphatic rings. The first-order chi connectivity index (χ1) is 5.49. The van der Waals surface area contributed by atoms with Crippen LogP contribution < -0.4 is 4.52 Å². The van der Waals surface area contributed by atoms with E-state index in [0.29, 0.717) is 10.8 Å². The van der Waals surface area contributed by atoms with Crippen LogP contribution in [0.15, 0.2) is 24.3 Å². The third-order valence-corrected chi connectivity index (χ3v) is 2.65. The zero-order valence-corrected chi connectivity index (χ0v) is 10.6. The van der Waals surface area contributed by atoms with E-state index in [0.717, 1.165) is 0 Å². The zero-order valence-electron chi connectivity index (χ0n) is 5.71. The van der Waals surface area contributed by atoms with E-state index in [2.05, 4.69) is 15.1 Å². The molecule has 0 aliphatic carbocycles. The molecular weight excluding hydrogens is 304 g/mol. The summed E-state index contributed by atoms with van der Waals surface area (Å²) in [6, 6.07) is 7.02. The minimum atomic E-state index is -2.43. The van der Waals surface area contributed by atoms with E-state index in [1.807, 2.05) is 0 Å². The first-order valence-corrected chi connectivity index (χ1v) is 9.03. The maximum atomic E-state index is 5.79. The fourth-order valence-corrected chi connectivity index (χ4v) is 2.20. The quantitative estimate of drug-likeness (QED) is 0.592. The number of halogens is 3. The van der Waals surface area contributed by atoms with Gasteiger partial charge in [0.15, 0.2) is 0 Å². The third kappa shape index (κ3) is 3.70. The average molecular weight is 308 g/mol. The summed E-state index contributed by atoms with van der Waals surface area (Å²) in [7, 11) is 0. The summed E-state index contributed by atoms with van der Waals surface area (Å²) in [6.45, 7) is 0. The first-order valence-electron chi connectivity index (χ1n) is 2.92. The molecule has 0 radical (unpaired) electrons. The first kappa shape index (κ1) is 10.9. The van der Waals surface area contributed by atoms with E-state index in [9.17, 15) is 0 Å². The molecule has 0 N–H and O–H groups in total. The van der Waals surface area contributed by atoms with Crippen LogP contribution in [-0.4, -0.2) is 15.1 Å². The monoisotopic (exact) mass is 308 g/mol. The topological polar surface area (TPSA) is 9.23 Å². The van der Waals surface area contributed by atoms with E-state index in [-0.39, 0.29) is 0 Å². The molecule has 0 bridgehead atoms. The van der Waals surface area contributed by atoms with Gasteiger partial charge in [-0.15, -0.1) is 0 Å². The van der Waals surface area contributed by atoms with Gasteiger partial charge in [0, 0.05) is 0 Å². The summed E-state index contributed by atoms with van der Waals surface area (Å²) in [5, 5.41) is 0.499. The van der Waals surface area contributed by atoms with Crippen LogP contribution in [0.1, 0.15) is 0 Å². The molecule has 0 spiro atoms. The van der Waals surface area contributed by atoms with Gasteiger partial charge in [-0.25, -0.2) is 0 Å². The summed E-state index contributed by atoms with van der Waals surface area (Å²) in [6.07, 6.45) is 0. The van der Waals surface area contributed by atoms with Crippen molar-refractivity contribution in [2.75, 3.05) is 0 Å². The molecule has 0 aliphatic heterocycles. The van der Waals surface area contributed by atoms with Crippen LogP contribution in [0, 0.1) is 0 Å². The standard InChI is InChI=1S/C6H4Cl3OPSe/c7-5-3-1-2-4-6(5)10-11(8,9)12/h1-4H. The van der Waals surface area contributed by atoms with Crippen LogP contribution in [0.3, 0.4) is 0 Å². The second-order valence-electron chi connectivity index (χ2n) is 1.94. The summed E-state index contributed by atoms with van der Waals surface area (Å²) in [5.74, 6) is 0.497. The number of rotatable bonds is 2. The predicted octanol–water partition coefficient (Wildman–Crippen LogP) is 4.04. The van der Waals surface area contributed by atoms with Crippen LogP contribution in [0.4, 0.5) is 0 Å². The number of para-hydroxylation sites is 1. The Morgan fingerprint density at radius 1 is 1.25 bits per heavy atom. The Hall–Kier alpha value is 0.839. The van der Waals surface area contributed by atoms with Crippen LogP contribution in [0.2, 0.25) is 5.02 Å². The fraction of sp³-hybridized carbons (Fsp3) is 0. The summed E-state index contributed by atoms with van der Waals surface area (Å²) in [5.41, 5.74) is 0. The van der Waals surface area contributed by atoms with E-state index in [1.54, 1.807) is 24.3 Å². The van der Waals surface area contributed by atoms with E-state index >= 15 is 0 Å². The molecule has 0 fully saturated rings. The van der Waals surface area contributed by atoms with Gasteiger partial charge >= 0.3 is 93.2 Å². The Morgan fingerprint density at radius 2 is 1.83 bits per heavy atom. The van der Waals surface area contributed by atoms with Gasteiger partial charge < -0.3 is 0 Å². The molecule has 0 aromatic heterocycles. The molecule has 0 saturated carbocycles. The summed E-state index contributed by atoms with van der Waals surface area (Å²) in [4.78, 5) is 0. The Morgan fingerprint density at radius 3 is 2.33 bits per heavy atom. The van der Waals surface area contributed by atoms with Crippen LogP contribution in [-0.2, 0) is 0 Å². The third-order valence-electron chi connectivity index (χ3n) is 1.04. The Bertz CT molecular complexity index is 324. The van der Waals surface area contributed by atoms with Crippen molar-refractivity contribution in [2.45, 2.75) is 0 Å². The van der Waals surface area contributed by atoms with Crippen LogP contribution >= 0.6 is 38.5 Å². The molecule has 1 rings (SSSR count). The van der Waals surface area contributed by atoms with Gasteiger partial charge in [0.05, 0.1) is 0 Å². The number of hydrogen-bond acceptors (Lipinski definition) is 1. The molecule has 0 unspecified atom stereocenters. The molecule has 0 atom stereocenters. The van der Waals surface area contributed by atoms with Gasteiger partial charge in [-0.2, -0.15) is 0 Å². The second-order valence-corrected chi connectivity index (χ2v) is 12.7. The van der Waals surface area contributed by atoms with E-state index in [4.69, 9.17) is 38.6 Å². The molecule has 0 amide bonds. The van der Waals surface area contributed by atoms with Crippen molar-refractivity contribution in [3.63, 3.8) is 0 Å².